The van der Waals surface area contributed by atoms with Crippen molar-refractivity contribution >= 4 is 43.1 Å². The van der Waals surface area contributed by atoms with Crippen molar-refractivity contribution in [2.24, 2.45) is 0 Å². The third kappa shape index (κ3) is 2.11. The molecule has 2 nitrogen and oxygen atoms in total. The van der Waals surface area contributed by atoms with Crippen LogP contribution in [-0.4, -0.2) is 10.2 Å². The van der Waals surface area contributed by atoms with Crippen molar-refractivity contribution in [3.8, 4) is 22.6 Å². The van der Waals surface area contributed by atoms with Crippen LogP contribution in [0.3, 0.4) is 0 Å². The molecule has 0 aromatic heterocycles. The van der Waals surface area contributed by atoms with Gasteiger partial charge in [0.25, 0.3) is 0 Å². The van der Waals surface area contributed by atoms with Crippen molar-refractivity contribution < 1.29 is 10.2 Å². The molecule has 0 saturated heterocycles. The zero-order valence-corrected chi connectivity index (χ0v) is 15.9. The van der Waals surface area contributed by atoms with Gasteiger partial charge in [0.05, 0.1) is 0 Å². The Morgan fingerprint density at radius 2 is 1.31 bits per heavy atom. The minimum Gasteiger partial charge on any atom is -0.507 e. The average molecular weight is 374 g/mol. The number of fused-ring (bicyclic) bond motifs is 1. The SMILES string of the molecule is Cc1c(O)c2ccc3cccc4cc(O)c(c1-c1ccc5ccccc5c1)c2c34. The minimum absolute atomic E-state index is 0.243. The summed E-state index contributed by atoms with van der Waals surface area (Å²) >= 11 is 0. The molecule has 29 heavy (non-hydrogen) atoms. The summed E-state index contributed by atoms with van der Waals surface area (Å²) < 4.78 is 0. The van der Waals surface area contributed by atoms with Gasteiger partial charge in [-0.2, -0.15) is 0 Å². The second-order valence-corrected chi connectivity index (χ2v) is 7.75. The summed E-state index contributed by atoms with van der Waals surface area (Å²) in [6, 6.07) is 26.4. The van der Waals surface area contributed by atoms with Crippen LogP contribution in [0.2, 0.25) is 0 Å². The summed E-state index contributed by atoms with van der Waals surface area (Å²) in [7, 11) is 0. The van der Waals surface area contributed by atoms with Gasteiger partial charge in [-0.05, 0) is 68.7 Å². The Bertz CT molecular complexity index is 1580. The van der Waals surface area contributed by atoms with Gasteiger partial charge in [-0.15, -0.1) is 0 Å². The fourth-order valence-corrected chi connectivity index (χ4v) is 4.80. The summed E-state index contributed by atoms with van der Waals surface area (Å²) in [4.78, 5) is 0. The number of hydrogen-bond acceptors (Lipinski definition) is 2. The molecular formula is C27H18O2. The number of rotatable bonds is 1. The molecule has 0 aliphatic rings. The van der Waals surface area contributed by atoms with E-state index in [2.05, 4.69) is 36.4 Å². The predicted molar refractivity (Wildman–Crippen MR) is 121 cm³/mol. The summed E-state index contributed by atoms with van der Waals surface area (Å²) in [6.45, 7) is 1.92. The third-order valence-electron chi connectivity index (χ3n) is 6.15. The zero-order valence-electron chi connectivity index (χ0n) is 15.9. The fourth-order valence-electron chi connectivity index (χ4n) is 4.80. The summed E-state index contributed by atoms with van der Waals surface area (Å²) in [5, 5.41) is 30.1. The van der Waals surface area contributed by atoms with Crippen LogP contribution >= 0.6 is 0 Å². The quantitative estimate of drug-likeness (QED) is 0.301. The smallest absolute Gasteiger partial charge is 0.126 e. The molecule has 0 fully saturated rings. The number of phenolic OH excluding ortho intramolecular Hbond substituents is 2. The van der Waals surface area contributed by atoms with E-state index in [1.165, 1.54) is 5.39 Å². The molecular weight excluding hydrogens is 356 g/mol. The summed E-state index contributed by atoms with van der Waals surface area (Å²) in [5.41, 5.74) is 2.66. The van der Waals surface area contributed by atoms with Gasteiger partial charge in [0.15, 0.2) is 0 Å². The predicted octanol–water partition coefficient (Wildman–Crippen LogP) is 7.12. The van der Waals surface area contributed by atoms with Gasteiger partial charge < -0.3 is 10.2 Å². The first-order valence-electron chi connectivity index (χ1n) is 9.74. The minimum atomic E-state index is 0.243. The molecule has 0 heterocycles. The Balaban J connectivity index is 1.86. The average Bonchev–Trinajstić information content (AvgIpc) is 2.75. The van der Waals surface area contributed by atoms with Gasteiger partial charge in [-0.3, -0.25) is 0 Å². The summed E-state index contributed by atoms with van der Waals surface area (Å²) in [6.07, 6.45) is 0. The van der Waals surface area contributed by atoms with E-state index in [0.717, 1.165) is 54.4 Å². The maximum absolute atomic E-state index is 11.1. The van der Waals surface area contributed by atoms with Crippen molar-refractivity contribution in [3.63, 3.8) is 0 Å². The van der Waals surface area contributed by atoms with Crippen LogP contribution in [0.4, 0.5) is 0 Å². The molecule has 2 heteroatoms. The molecule has 0 radical (unpaired) electrons. The van der Waals surface area contributed by atoms with E-state index >= 15 is 0 Å². The molecule has 0 aliphatic carbocycles. The molecule has 0 spiro atoms. The lowest BCUT2D eigenvalue weighted by atomic mass is 9.85. The lowest BCUT2D eigenvalue weighted by Crippen LogP contribution is -1.93. The van der Waals surface area contributed by atoms with E-state index in [1.54, 1.807) is 0 Å². The Morgan fingerprint density at radius 1 is 0.586 bits per heavy atom. The van der Waals surface area contributed by atoms with E-state index in [0.29, 0.717) is 0 Å². The van der Waals surface area contributed by atoms with Crippen LogP contribution < -0.4 is 0 Å². The van der Waals surface area contributed by atoms with E-state index in [9.17, 15) is 10.2 Å². The van der Waals surface area contributed by atoms with Gasteiger partial charge in [0.2, 0.25) is 0 Å². The molecule has 138 valence electrons. The van der Waals surface area contributed by atoms with Gasteiger partial charge in [0.1, 0.15) is 11.5 Å². The van der Waals surface area contributed by atoms with Crippen molar-refractivity contribution in [3.05, 3.63) is 84.4 Å². The van der Waals surface area contributed by atoms with E-state index in [1.807, 2.05) is 49.4 Å². The number of benzene rings is 6. The first-order valence-corrected chi connectivity index (χ1v) is 9.74. The normalized spacial score (nSPS) is 11.9. The fraction of sp³-hybridized carbons (Fsp3) is 0.0370. The van der Waals surface area contributed by atoms with Crippen molar-refractivity contribution in [2.75, 3.05) is 0 Å². The van der Waals surface area contributed by atoms with Crippen molar-refractivity contribution in [1.29, 1.82) is 0 Å². The Hall–Kier alpha value is -3.78. The molecule has 0 saturated carbocycles. The Kier molecular flexibility index (Phi) is 3.14. The molecule has 0 atom stereocenters. The molecule has 0 amide bonds. The highest BCUT2D eigenvalue weighted by atomic mass is 16.3. The molecule has 2 N–H and O–H groups in total. The van der Waals surface area contributed by atoms with Crippen molar-refractivity contribution in [2.45, 2.75) is 6.92 Å². The first-order chi connectivity index (χ1) is 14.1. The summed E-state index contributed by atoms with van der Waals surface area (Å²) in [5.74, 6) is 0.519. The van der Waals surface area contributed by atoms with E-state index < -0.39 is 0 Å². The number of hydrogen-bond donors (Lipinski definition) is 2. The highest BCUT2D eigenvalue weighted by Gasteiger charge is 2.21. The zero-order chi connectivity index (χ0) is 19.7. The maximum atomic E-state index is 11.1. The molecule has 0 bridgehead atoms. The molecule has 0 unspecified atom stereocenters. The van der Waals surface area contributed by atoms with Crippen LogP contribution in [0.5, 0.6) is 11.5 Å². The number of aromatic hydroxyl groups is 2. The van der Waals surface area contributed by atoms with Gasteiger partial charge in [0, 0.05) is 16.2 Å². The second kappa shape index (κ2) is 5.62. The Morgan fingerprint density at radius 3 is 2.17 bits per heavy atom. The topological polar surface area (TPSA) is 40.5 Å². The van der Waals surface area contributed by atoms with Crippen LogP contribution in [0.1, 0.15) is 5.56 Å². The highest BCUT2D eigenvalue weighted by Crippen LogP contribution is 2.49. The largest absolute Gasteiger partial charge is 0.507 e. The number of phenols is 2. The lowest BCUT2D eigenvalue weighted by molar-refractivity contribution is 0.477. The second-order valence-electron chi connectivity index (χ2n) is 7.75. The van der Waals surface area contributed by atoms with E-state index in [4.69, 9.17) is 0 Å². The van der Waals surface area contributed by atoms with Crippen LogP contribution in [-0.2, 0) is 0 Å². The van der Waals surface area contributed by atoms with Crippen LogP contribution in [0.25, 0.3) is 54.2 Å². The third-order valence-corrected chi connectivity index (χ3v) is 6.15. The van der Waals surface area contributed by atoms with Crippen molar-refractivity contribution in [1.82, 2.24) is 0 Å². The lowest BCUT2D eigenvalue weighted by Gasteiger charge is -2.19. The molecule has 6 aromatic rings. The molecule has 0 aliphatic heterocycles. The van der Waals surface area contributed by atoms with Crippen LogP contribution in [0, 0.1) is 6.92 Å². The highest BCUT2D eigenvalue weighted by molar-refractivity contribution is 6.29. The van der Waals surface area contributed by atoms with E-state index in [-0.39, 0.29) is 11.5 Å². The Labute approximate surface area is 167 Å². The standard InChI is InChI=1S/C27H18O2/c1-15-23(20-10-9-16-5-2-3-6-18(16)13-20)26-22(28)14-19-8-4-7-17-11-12-21(27(15)29)25(26)24(17)19/h2-14,28-29H,1H3. The monoisotopic (exact) mass is 374 g/mol. The van der Waals surface area contributed by atoms with Crippen LogP contribution in [0.15, 0.2) is 78.9 Å². The van der Waals surface area contributed by atoms with Gasteiger partial charge in [-0.1, -0.05) is 60.7 Å². The first kappa shape index (κ1) is 16.2. The maximum Gasteiger partial charge on any atom is 0.126 e. The van der Waals surface area contributed by atoms with Gasteiger partial charge >= 0.3 is 0 Å². The van der Waals surface area contributed by atoms with Gasteiger partial charge in [-0.25, -0.2) is 0 Å². The molecule has 6 aromatic carbocycles. The molecule has 6 rings (SSSR count).